The first-order valence-electron chi connectivity index (χ1n) is 8.31. The summed E-state index contributed by atoms with van der Waals surface area (Å²) in [7, 11) is 0. The van der Waals surface area contributed by atoms with Crippen molar-refractivity contribution in [3.63, 3.8) is 0 Å². The molecule has 0 amide bonds. The Bertz CT molecular complexity index is 630. The van der Waals surface area contributed by atoms with Gasteiger partial charge in [0.25, 0.3) is 0 Å². The van der Waals surface area contributed by atoms with E-state index in [2.05, 4.69) is 58.2 Å². The molecule has 1 aromatic carbocycles. The second kappa shape index (κ2) is 5.48. The average Bonchev–Trinajstić information content (AvgIpc) is 2.80. The monoisotopic (exact) mass is 524 g/mol. The van der Waals surface area contributed by atoms with Crippen molar-refractivity contribution in [3.05, 3.63) is 24.3 Å². The van der Waals surface area contributed by atoms with Gasteiger partial charge in [0.2, 0.25) is 0 Å². The van der Waals surface area contributed by atoms with Crippen molar-refractivity contribution in [2.45, 2.75) is 57.5 Å². The van der Waals surface area contributed by atoms with Crippen LogP contribution >= 0.6 is 45.2 Å². The maximum absolute atomic E-state index is 10.5. The Morgan fingerprint density at radius 2 is 1.95 bits per heavy atom. The molecule has 120 valence electrons. The number of aromatic hydroxyl groups is 1. The van der Waals surface area contributed by atoms with Crippen LogP contribution in [0.5, 0.6) is 5.75 Å². The fraction of sp³-hybridized carbons (Fsp3) is 0.667. The van der Waals surface area contributed by atoms with E-state index in [1.165, 1.54) is 30.4 Å². The van der Waals surface area contributed by atoms with Gasteiger partial charge in [-0.2, -0.15) is 0 Å². The molecule has 0 saturated heterocycles. The lowest BCUT2D eigenvalue weighted by molar-refractivity contribution is -0.0226. The molecule has 1 aromatic rings. The third-order valence-corrected chi connectivity index (χ3v) is 8.83. The third-order valence-electron chi connectivity index (χ3n) is 6.84. The van der Waals surface area contributed by atoms with Crippen LogP contribution < -0.4 is 0 Å². The van der Waals surface area contributed by atoms with E-state index in [1.807, 2.05) is 0 Å². The molecule has 22 heavy (non-hydrogen) atoms. The summed E-state index contributed by atoms with van der Waals surface area (Å²) in [5.74, 6) is 2.50. The fourth-order valence-corrected chi connectivity index (χ4v) is 7.60. The normalized spacial score (nSPS) is 40.0. The smallest absolute Gasteiger partial charge is 0.142 e. The van der Waals surface area contributed by atoms with Crippen molar-refractivity contribution in [2.75, 3.05) is 0 Å². The van der Waals surface area contributed by atoms with Gasteiger partial charge in [0.15, 0.2) is 0 Å². The molecular formula is C18H22I2O2. The van der Waals surface area contributed by atoms with Gasteiger partial charge in [0, 0.05) is 0 Å². The highest BCUT2D eigenvalue weighted by molar-refractivity contribution is 14.1. The molecule has 3 aliphatic rings. The first-order valence-corrected chi connectivity index (χ1v) is 10.5. The second-order valence-corrected chi connectivity index (χ2v) is 9.88. The number of halogens is 2. The Labute approximate surface area is 159 Å². The van der Waals surface area contributed by atoms with Gasteiger partial charge in [-0.15, -0.1) is 0 Å². The Morgan fingerprint density at radius 3 is 2.73 bits per heavy atom. The number of benzene rings is 1. The van der Waals surface area contributed by atoms with Gasteiger partial charge in [0.05, 0.1) is 13.2 Å². The first-order chi connectivity index (χ1) is 10.4. The lowest BCUT2D eigenvalue weighted by atomic mass is 9.55. The standard InChI is InChI=1S/C18H22I2O2/c1-18-7-6-9-10(13(18)4-5-15(18)21)2-3-11-12(9)8-14(19)17(22)16(11)20/h8-10,13,15,21-22H,2-7H2,1H3. The summed E-state index contributed by atoms with van der Waals surface area (Å²) in [6.45, 7) is 2.32. The molecule has 2 nitrogen and oxygen atoms in total. The molecule has 3 aliphatic carbocycles. The van der Waals surface area contributed by atoms with E-state index in [4.69, 9.17) is 0 Å². The zero-order chi connectivity index (χ0) is 15.6. The van der Waals surface area contributed by atoms with E-state index in [0.29, 0.717) is 17.6 Å². The summed E-state index contributed by atoms with van der Waals surface area (Å²) in [5, 5.41) is 20.7. The molecule has 4 rings (SSSR count). The van der Waals surface area contributed by atoms with Gasteiger partial charge in [-0.3, -0.25) is 0 Å². The van der Waals surface area contributed by atoms with E-state index < -0.39 is 0 Å². The Hall–Kier alpha value is 0.440. The van der Waals surface area contributed by atoms with Crippen LogP contribution in [0.4, 0.5) is 0 Å². The van der Waals surface area contributed by atoms with E-state index in [-0.39, 0.29) is 11.5 Å². The van der Waals surface area contributed by atoms with Crippen molar-refractivity contribution < 1.29 is 10.2 Å². The Balaban J connectivity index is 1.76. The number of rotatable bonds is 0. The topological polar surface area (TPSA) is 40.5 Å². The molecular weight excluding hydrogens is 502 g/mol. The molecule has 0 heterocycles. The van der Waals surface area contributed by atoms with E-state index in [0.717, 1.165) is 32.3 Å². The van der Waals surface area contributed by atoms with Crippen molar-refractivity contribution in [1.29, 1.82) is 0 Å². The Morgan fingerprint density at radius 1 is 1.18 bits per heavy atom. The van der Waals surface area contributed by atoms with Gasteiger partial charge in [-0.1, -0.05) is 6.92 Å². The van der Waals surface area contributed by atoms with Crippen LogP contribution in [-0.2, 0) is 6.42 Å². The molecule has 2 N–H and O–H groups in total. The van der Waals surface area contributed by atoms with Crippen LogP contribution in [0.15, 0.2) is 6.07 Å². The van der Waals surface area contributed by atoms with Crippen LogP contribution in [0.3, 0.4) is 0 Å². The SMILES string of the molecule is CC12CCC3c4cc(I)c(O)c(I)c4CCC3C1CCC2O. The summed E-state index contributed by atoms with van der Waals surface area (Å²) in [6, 6.07) is 2.23. The quantitative estimate of drug-likeness (QED) is 0.479. The Kier molecular flexibility index (Phi) is 3.97. The molecule has 0 radical (unpaired) electrons. The lowest BCUT2D eigenvalue weighted by Gasteiger charge is -2.50. The summed E-state index contributed by atoms with van der Waals surface area (Å²) >= 11 is 4.58. The van der Waals surface area contributed by atoms with Crippen LogP contribution in [0.2, 0.25) is 0 Å². The number of fused-ring (bicyclic) bond motifs is 5. The lowest BCUT2D eigenvalue weighted by Crippen LogP contribution is -2.44. The average molecular weight is 524 g/mol. The molecule has 0 bridgehead atoms. The highest BCUT2D eigenvalue weighted by atomic mass is 127. The molecule has 4 heteroatoms. The molecule has 0 aliphatic heterocycles. The summed E-state index contributed by atoms with van der Waals surface area (Å²) in [5.41, 5.74) is 3.03. The largest absolute Gasteiger partial charge is 0.506 e. The van der Waals surface area contributed by atoms with Crippen LogP contribution in [0.1, 0.15) is 56.1 Å². The number of phenols is 1. The highest BCUT2D eigenvalue weighted by Crippen LogP contribution is 2.61. The zero-order valence-electron chi connectivity index (χ0n) is 12.8. The fourth-order valence-electron chi connectivity index (χ4n) is 5.61. The number of hydrogen-bond acceptors (Lipinski definition) is 2. The minimum absolute atomic E-state index is 0.0973. The van der Waals surface area contributed by atoms with Gasteiger partial charge in [-0.05, 0) is 124 Å². The minimum atomic E-state index is -0.0973. The van der Waals surface area contributed by atoms with Gasteiger partial charge >= 0.3 is 0 Å². The number of aliphatic hydroxyl groups excluding tert-OH is 1. The summed E-state index contributed by atoms with van der Waals surface area (Å²) in [4.78, 5) is 0. The molecule has 0 spiro atoms. The first kappa shape index (κ1) is 15.9. The van der Waals surface area contributed by atoms with E-state index in [1.54, 1.807) is 0 Å². The van der Waals surface area contributed by atoms with Crippen molar-refractivity contribution >= 4 is 45.2 Å². The van der Waals surface area contributed by atoms with Gasteiger partial charge in [0.1, 0.15) is 5.75 Å². The van der Waals surface area contributed by atoms with Gasteiger partial charge in [-0.25, -0.2) is 0 Å². The maximum atomic E-state index is 10.5. The van der Waals surface area contributed by atoms with Crippen molar-refractivity contribution in [3.8, 4) is 5.75 Å². The second-order valence-electron chi connectivity index (χ2n) is 7.64. The minimum Gasteiger partial charge on any atom is -0.506 e. The molecule has 0 aromatic heterocycles. The zero-order valence-corrected chi connectivity index (χ0v) is 17.1. The molecule has 5 atom stereocenters. The highest BCUT2D eigenvalue weighted by Gasteiger charge is 2.54. The van der Waals surface area contributed by atoms with Crippen LogP contribution in [0.25, 0.3) is 0 Å². The number of hydrogen-bond donors (Lipinski definition) is 2. The summed E-state index contributed by atoms with van der Waals surface area (Å²) in [6.07, 6.45) is 6.73. The van der Waals surface area contributed by atoms with Crippen LogP contribution in [0, 0.1) is 24.4 Å². The van der Waals surface area contributed by atoms with Crippen molar-refractivity contribution in [1.82, 2.24) is 0 Å². The maximum Gasteiger partial charge on any atom is 0.142 e. The third kappa shape index (κ3) is 2.11. The van der Waals surface area contributed by atoms with Gasteiger partial charge < -0.3 is 10.2 Å². The predicted molar refractivity (Wildman–Crippen MR) is 104 cm³/mol. The van der Waals surface area contributed by atoms with Crippen molar-refractivity contribution in [2.24, 2.45) is 17.3 Å². The number of phenolic OH excluding ortho intramolecular Hbond substituents is 1. The van der Waals surface area contributed by atoms with E-state index >= 15 is 0 Å². The molecule has 2 fully saturated rings. The molecule has 2 saturated carbocycles. The van der Waals surface area contributed by atoms with E-state index in [9.17, 15) is 10.2 Å². The van der Waals surface area contributed by atoms with Crippen LogP contribution in [-0.4, -0.2) is 16.3 Å². The number of aliphatic hydroxyl groups is 1. The molecule has 5 unspecified atom stereocenters. The predicted octanol–water partition coefficient (Wildman–Crippen LogP) is 4.82. The summed E-state index contributed by atoms with van der Waals surface area (Å²) < 4.78 is 2.05.